The Morgan fingerprint density at radius 2 is 1.38 bits per heavy atom. The molecule has 4 rings (SSSR count). The third-order valence-corrected chi connectivity index (χ3v) is 9.54. The average molecular weight is 630 g/mol. The maximum atomic E-state index is 14.5. The number of amides is 2. The molecular weight excluding hydrogens is 589 g/mol. The van der Waals surface area contributed by atoms with Crippen molar-refractivity contribution in [2.45, 2.75) is 64.1 Å². The number of carbonyl (C=O) groups is 2. The average Bonchev–Trinajstić information content (AvgIpc) is 3.03. The summed E-state index contributed by atoms with van der Waals surface area (Å²) in [6, 6.07) is 27.2. The fraction of sp³-hybridized carbons (Fsp3) is 0.278. The summed E-state index contributed by atoms with van der Waals surface area (Å²) in [6.07, 6.45) is 0.921. The van der Waals surface area contributed by atoms with Crippen LogP contribution >= 0.6 is 0 Å². The molecule has 0 heterocycles. The van der Waals surface area contributed by atoms with Gasteiger partial charge < -0.3 is 10.2 Å². The Balaban J connectivity index is 1.80. The summed E-state index contributed by atoms with van der Waals surface area (Å²) >= 11 is 0. The first-order valence-corrected chi connectivity index (χ1v) is 16.5. The van der Waals surface area contributed by atoms with Crippen LogP contribution in [0.1, 0.15) is 42.5 Å². The molecule has 0 spiro atoms. The van der Waals surface area contributed by atoms with Crippen molar-refractivity contribution in [2.75, 3.05) is 10.8 Å². The van der Waals surface area contributed by atoms with Crippen molar-refractivity contribution in [3.8, 4) is 0 Å². The van der Waals surface area contributed by atoms with Crippen LogP contribution in [0.25, 0.3) is 0 Å². The maximum Gasteiger partial charge on any atom is 0.264 e. The van der Waals surface area contributed by atoms with E-state index in [1.807, 2.05) is 82.3 Å². The van der Waals surface area contributed by atoms with Crippen LogP contribution in [0.4, 0.5) is 10.1 Å². The molecule has 0 fully saturated rings. The quantitative estimate of drug-likeness (QED) is 0.191. The number of carbonyl (C=O) groups excluding carboxylic acids is 2. The first kappa shape index (κ1) is 33.4. The number of rotatable bonds is 13. The Hall–Kier alpha value is -4.50. The van der Waals surface area contributed by atoms with Gasteiger partial charge in [0.25, 0.3) is 10.0 Å². The van der Waals surface area contributed by atoms with Gasteiger partial charge in [0.15, 0.2) is 0 Å². The minimum Gasteiger partial charge on any atom is -0.352 e. The van der Waals surface area contributed by atoms with Crippen LogP contribution in [0.3, 0.4) is 0 Å². The zero-order chi connectivity index (χ0) is 32.6. The molecule has 4 aromatic carbocycles. The molecular formula is C36H40FN3O4S. The van der Waals surface area contributed by atoms with Gasteiger partial charge in [-0.3, -0.25) is 13.9 Å². The van der Waals surface area contributed by atoms with E-state index in [0.717, 1.165) is 38.7 Å². The fourth-order valence-corrected chi connectivity index (χ4v) is 6.27. The van der Waals surface area contributed by atoms with Gasteiger partial charge in [0.05, 0.1) is 10.6 Å². The van der Waals surface area contributed by atoms with Crippen LogP contribution in [0.15, 0.2) is 108 Å². The van der Waals surface area contributed by atoms with E-state index in [2.05, 4.69) is 5.32 Å². The van der Waals surface area contributed by atoms with Crippen LogP contribution in [0.5, 0.6) is 0 Å². The van der Waals surface area contributed by atoms with Crippen molar-refractivity contribution in [2.24, 2.45) is 0 Å². The van der Waals surface area contributed by atoms with E-state index < -0.39 is 34.3 Å². The van der Waals surface area contributed by atoms with Gasteiger partial charge in [0.1, 0.15) is 18.4 Å². The number of hydrogen-bond acceptors (Lipinski definition) is 4. The standard InChI is InChI=1S/C36H40FN3O4S/c1-5-28(4)38-36(42)34(23-29-9-7-6-8-10-29)39(24-30-15-11-26(2)12-16-30)35(41)25-40(32-19-17-31(37)18-20-32)45(43,44)33-21-13-27(3)14-22-33/h6-22,28,34H,5,23-25H2,1-4H3,(H,38,42). The van der Waals surface area contributed by atoms with Crippen LogP contribution < -0.4 is 9.62 Å². The number of nitrogens with one attached hydrogen (secondary N) is 1. The molecule has 2 unspecified atom stereocenters. The molecule has 2 atom stereocenters. The maximum absolute atomic E-state index is 14.5. The molecule has 45 heavy (non-hydrogen) atoms. The smallest absolute Gasteiger partial charge is 0.264 e. The minimum atomic E-state index is -4.26. The second-order valence-electron chi connectivity index (χ2n) is 11.3. The number of aryl methyl sites for hydroxylation is 2. The van der Waals surface area contributed by atoms with Gasteiger partial charge in [-0.05, 0) is 74.7 Å². The predicted molar refractivity (Wildman–Crippen MR) is 176 cm³/mol. The molecule has 9 heteroatoms. The zero-order valence-electron chi connectivity index (χ0n) is 26.1. The van der Waals surface area contributed by atoms with Crippen molar-refractivity contribution >= 4 is 27.5 Å². The minimum absolute atomic E-state index is 0.00865. The van der Waals surface area contributed by atoms with E-state index in [0.29, 0.717) is 6.42 Å². The lowest BCUT2D eigenvalue weighted by Gasteiger charge is -2.34. The molecule has 0 aliphatic carbocycles. The van der Waals surface area contributed by atoms with Gasteiger partial charge in [0.2, 0.25) is 11.8 Å². The van der Waals surface area contributed by atoms with Crippen molar-refractivity contribution < 1.29 is 22.4 Å². The number of benzene rings is 4. The van der Waals surface area contributed by atoms with E-state index in [1.165, 1.54) is 29.2 Å². The van der Waals surface area contributed by atoms with Crippen molar-refractivity contribution in [3.05, 3.63) is 131 Å². The Labute approximate surface area is 265 Å². The molecule has 0 saturated heterocycles. The van der Waals surface area contributed by atoms with Crippen LogP contribution in [0, 0.1) is 19.7 Å². The fourth-order valence-electron chi connectivity index (χ4n) is 4.86. The molecule has 236 valence electrons. The third kappa shape index (κ3) is 8.79. The summed E-state index contributed by atoms with van der Waals surface area (Å²) in [5, 5.41) is 3.03. The first-order valence-electron chi connectivity index (χ1n) is 15.0. The van der Waals surface area contributed by atoms with Crippen LogP contribution in [-0.2, 0) is 32.6 Å². The van der Waals surface area contributed by atoms with E-state index in [9.17, 15) is 22.4 Å². The molecule has 0 aromatic heterocycles. The highest BCUT2D eigenvalue weighted by atomic mass is 32.2. The summed E-state index contributed by atoms with van der Waals surface area (Å²) in [7, 11) is -4.26. The highest BCUT2D eigenvalue weighted by Gasteiger charge is 2.35. The normalized spacial score (nSPS) is 12.6. The molecule has 0 aliphatic rings. The molecule has 4 aromatic rings. The van der Waals surface area contributed by atoms with Crippen LogP contribution in [0.2, 0.25) is 0 Å². The lowest BCUT2D eigenvalue weighted by molar-refractivity contribution is -0.140. The number of hydrogen-bond donors (Lipinski definition) is 1. The highest BCUT2D eigenvalue weighted by Crippen LogP contribution is 2.26. The second-order valence-corrected chi connectivity index (χ2v) is 13.2. The molecule has 0 radical (unpaired) electrons. The van der Waals surface area contributed by atoms with E-state index >= 15 is 0 Å². The second kappa shape index (κ2) is 15.0. The SMILES string of the molecule is CCC(C)NC(=O)C(Cc1ccccc1)N(Cc1ccc(C)cc1)C(=O)CN(c1ccc(F)cc1)S(=O)(=O)c1ccc(C)cc1. The number of halogens is 1. The van der Waals surface area contributed by atoms with Gasteiger partial charge in [0, 0.05) is 19.0 Å². The monoisotopic (exact) mass is 629 g/mol. The molecule has 0 bridgehead atoms. The van der Waals surface area contributed by atoms with Crippen molar-refractivity contribution in [1.29, 1.82) is 0 Å². The molecule has 1 N–H and O–H groups in total. The van der Waals surface area contributed by atoms with Gasteiger partial charge in [-0.25, -0.2) is 12.8 Å². The van der Waals surface area contributed by atoms with Crippen molar-refractivity contribution in [3.63, 3.8) is 0 Å². The first-order chi connectivity index (χ1) is 21.5. The molecule has 2 amide bonds. The zero-order valence-corrected chi connectivity index (χ0v) is 26.9. The van der Waals surface area contributed by atoms with Gasteiger partial charge >= 0.3 is 0 Å². The number of sulfonamides is 1. The lowest BCUT2D eigenvalue weighted by Crippen LogP contribution is -2.54. The van der Waals surface area contributed by atoms with Crippen molar-refractivity contribution in [1.82, 2.24) is 10.2 Å². The van der Waals surface area contributed by atoms with Crippen LogP contribution in [-0.4, -0.2) is 43.8 Å². The molecule has 0 saturated carbocycles. The summed E-state index contributed by atoms with van der Waals surface area (Å²) < 4.78 is 43.0. The van der Waals surface area contributed by atoms with Gasteiger partial charge in [-0.1, -0.05) is 84.8 Å². The predicted octanol–water partition coefficient (Wildman–Crippen LogP) is 6.19. The summed E-state index contributed by atoms with van der Waals surface area (Å²) in [4.78, 5) is 29.8. The molecule has 0 aliphatic heterocycles. The Kier molecular flexibility index (Phi) is 11.1. The topological polar surface area (TPSA) is 86.8 Å². The third-order valence-electron chi connectivity index (χ3n) is 7.75. The largest absolute Gasteiger partial charge is 0.352 e. The Bertz CT molecular complexity index is 1680. The van der Waals surface area contributed by atoms with E-state index in [-0.39, 0.29) is 35.5 Å². The van der Waals surface area contributed by atoms with E-state index in [1.54, 1.807) is 12.1 Å². The van der Waals surface area contributed by atoms with Gasteiger partial charge in [-0.15, -0.1) is 0 Å². The number of nitrogens with zero attached hydrogens (tertiary/aromatic N) is 2. The summed E-state index contributed by atoms with van der Waals surface area (Å²) in [5.41, 5.74) is 3.69. The Morgan fingerprint density at radius 3 is 1.96 bits per heavy atom. The lowest BCUT2D eigenvalue weighted by atomic mass is 10.0. The summed E-state index contributed by atoms with van der Waals surface area (Å²) in [6.45, 7) is 7.14. The molecule has 7 nitrogen and oxygen atoms in total. The van der Waals surface area contributed by atoms with E-state index in [4.69, 9.17) is 0 Å². The van der Waals surface area contributed by atoms with Gasteiger partial charge in [-0.2, -0.15) is 0 Å². The number of anilines is 1. The summed E-state index contributed by atoms with van der Waals surface area (Å²) in [5.74, 6) is -1.44. The highest BCUT2D eigenvalue weighted by molar-refractivity contribution is 7.92. The Morgan fingerprint density at radius 1 is 0.800 bits per heavy atom.